The molecule has 11 N–H and O–H groups in total. The molecule has 0 aliphatic heterocycles. The number of amides is 5. The lowest BCUT2D eigenvalue weighted by Crippen LogP contribution is -2.57. The molecule has 208 valence electrons. The third-order valence-electron chi connectivity index (χ3n) is 5.26. The number of hydrogen-bond acceptors (Lipinski definition) is 8. The van der Waals surface area contributed by atoms with Crippen LogP contribution in [0.4, 0.5) is 0 Å². The first-order valence-electron chi connectivity index (χ1n) is 11.5. The summed E-state index contributed by atoms with van der Waals surface area (Å²) < 4.78 is 0. The third kappa shape index (κ3) is 11.9. The summed E-state index contributed by atoms with van der Waals surface area (Å²) in [6.07, 6.45) is -2.04. The average molecular weight is 537 g/mol. The molecule has 0 spiro atoms. The molecule has 5 amide bonds. The Hall–Kier alpha value is -4.53. The summed E-state index contributed by atoms with van der Waals surface area (Å²) in [5, 5.41) is 25.4. The molecule has 15 heteroatoms. The van der Waals surface area contributed by atoms with Crippen LogP contribution in [0.2, 0.25) is 0 Å². The van der Waals surface area contributed by atoms with E-state index in [1.807, 2.05) is 0 Å². The van der Waals surface area contributed by atoms with Gasteiger partial charge < -0.3 is 43.4 Å². The van der Waals surface area contributed by atoms with Gasteiger partial charge in [0, 0.05) is 19.3 Å². The van der Waals surface area contributed by atoms with Gasteiger partial charge in [0.05, 0.1) is 12.5 Å². The largest absolute Gasteiger partial charge is 0.481 e. The molecular formula is C23H32N6O9. The molecule has 0 saturated carbocycles. The number of hydrogen-bond donors (Lipinski definition) is 8. The van der Waals surface area contributed by atoms with Gasteiger partial charge in [0.1, 0.15) is 18.1 Å². The molecule has 0 bridgehead atoms. The zero-order valence-electron chi connectivity index (χ0n) is 20.4. The van der Waals surface area contributed by atoms with Gasteiger partial charge in [-0.1, -0.05) is 30.3 Å². The third-order valence-corrected chi connectivity index (χ3v) is 5.26. The van der Waals surface area contributed by atoms with Crippen LogP contribution in [0, 0.1) is 0 Å². The molecule has 1 aromatic carbocycles. The fourth-order valence-corrected chi connectivity index (χ4v) is 3.24. The number of carboxylic acid groups (broad SMARTS) is 2. The van der Waals surface area contributed by atoms with Crippen molar-refractivity contribution >= 4 is 41.5 Å². The van der Waals surface area contributed by atoms with Crippen molar-refractivity contribution < 1.29 is 43.8 Å². The maximum absolute atomic E-state index is 12.9. The summed E-state index contributed by atoms with van der Waals surface area (Å²) in [5.41, 5.74) is 16.4. The van der Waals surface area contributed by atoms with Crippen LogP contribution in [-0.2, 0) is 40.0 Å². The first-order chi connectivity index (χ1) is 17.8. The molecule has 4 atom stereocenters. The number of aliphatic carboxylic acids is 2. The van der Waals surface area contributed by atoms with Crippen LogP contribution in [0.3, 0.4) is 0 Å². The molecule has 0 aliphatic rings. The summed E-state index contributed by atoms with van der Waals surface area (Å²) in [7, 11) is 0. The summed E-state index contributed by atoms with van der Waals surface area (Å²) in [6, 6.07) is 2.47. The second-order valence-electron chi connectivity index (χ2n) is 8.43. The second-order valence-corrected chi connectivity index (χ2v) is 8.43. The molecule has 0 saturated heterocycles. The molecular weight excluding hydrogens is 504 g/mol. The van der Waals surface area contributed by atoms with E-state index in [0.717, 1.165) is 0 Å². The first kappa shape index (κ1) is 31.5. The van der Waals surface area contributed by atoms with Crippen LogP contribution in [0.15, 0.2) is 30.3 Å². The van der Waals surface area contributed by atoms with Gasteiger partial charge in [0.15, 0.2) is 0 Å². The topological polar surface area (TPSA) is 274 Å². The van der Waals surface area contributed by atoms with Crippen molar-refractivity contribution in [3.05, 3.63) is 35.9 Å². The van der Waals surface area contributed by atoms with Crippen LogP contribution < -0.4 is 33.2 Å². The van der Waals surface area contributed by atoms with Crippen molar-refractivity contribution in [1.29, 1.82) is 0 Å². The monoisotopic (exact) mass is 536 g/mol. The van der Waals surface area contributed by atoms with E-state index in [1.165, 1.54) is 0 Å². The number of carboxylic acids is 2. The van der Waals surface area contributed by atoms with E-state index < -0.39 is 72.1 Å². The van der Waals surface area contributed by atoms with E-state index in [-0.39, 0.29) is 32.1 Å². The summed E-state index contributed by atoms with van der Waals surface area (Å²) in [6.45, 7) is 0. The maximum atomic E-state index is 12.9. The molecule has 0 heterocycles. The molecule has 0 radical (unpaired) electrons. The number of primary amides is 2. The molecule has 0 aliphatic carbocycles. The number of carbonyl (C=O) groups is 7. The quantitative estimate of drug-likeness (QED) is 0.100. The molecule has 0 fully saturated rings. The van der Waals surface area contributed by atoms with Crippen molar-refractivity contribution in [3.63, 3.8) is 0 Å². The Kier molecular flexibility index (Phi) is 12.9. The number of nitrogens with two attached hydrogens (primary N) is 3. The van der Waals surface area contributed by atoms with Crippen molar-refractivity contribution in [2.75, 3.05) is 0 Å². The molecule has 15 nitrogen and oxygen atoms in total. The fraction of sp³-hybridized carbons (Fsp3) is 0.435. The zero-order valence-corrected chi connectivity index (χ0v) is 20.4. The predicted octanol–water partition coefficient (Wildman–Crippen LogP) is -2.90. The highest BCUT2D eigenvalue weighted by Gasteiger charge is 2.32. The molecule has 1 aromatic rings. The van der Waals surface area contributed by atoms with Crippen LogP contribution in [0.25, 0.3) is 0 Å². The second kappa shape index (κ2) is 15.6. The normalized spacial score (nSPS) is 13.7. The minimum atomic E-state index is -1.73. The highest BCUT2D eigenvalue weighted by Crippen LogP contribution is 2.06. The highest BCUT2D eigenvalue weighted by molar-refractivity contribution is 5.96. The Morgan fingerprint density at radius 1 is 0.711 bits per heavy atom. The van der Waals surface area contributed by atoms with Crippen LogP contribution in [0.5, 0.6) is 0 Å². The Morgan fingerprint density at radius 2 is 1.21 bits per heavy atom. The standard InChI is InChI=1S/C23H32N6O9/c24-13(6-8-17(25)30)20(34)27-14(7-9-18(26)31)21(35)28-15(11-19(32)33)22(36)29-16(23(37)38)10-12-4-2-1-3-5-12/h1-5,13-16H,6-11,24H2,(H2,25,30)(H2,26,31)(H,27,34)(H,28,35)(H,29,36)(H,32,33)(H,37,38). The average Bonchev–Trinajstić information content (AvgIpc) is 2.83. The maximum Gasteiger partial charge on any atom is 0.326 e. The van der Waals surface area contributed by atoms with Gasteiger partial charge in [-0.15, -0.1) is 0 Å². The van der Waals surface area contributed by atoms with E-state index in [0.29, 0.717) is 5.56 Å². The number of nitrogens with one attached hydrogen (secondary N) is 3. The fourth-order valence-electron chi connectivity index (χ4n) is 3.24. The Labute approximate surface area is 217 Å². The molecule has 0 aromatic heterocycles. The highest BCUT2D eigenvalue weighted by atomic mass is 16.4. The van der Waals surface area contributed by atoms with E-state index in [1.54, 1.807) is 30.3 Å². The zero-order chi connectivity index (χ0) is 28.8. The predicted molar refractivity (Wildman–Crippen MR) is 131 cm³/mol. The van der Waals surface area contributed by atoms with E-state index in [2.05, 4.69) is 16.0 Å². The van der Waals surface area contributed by atoms with Gasteiger partial charge in [-0.3, -0.25) is 28.8 Å². The van der Waals surface area contributed by atoms with Crippen molar-refractivity contribution in [1.82, 2.24) is 16.0 Å². The van der Waals surface area contributed by atoms with E-state index >= 15 is 0 Å². The molecule has 38 heavy (non-hydrogen) atoms. The van der Waals surface area contributed by atoms with E-state index in [9.17, 15) is 43.8 Å². The lowest BCUT2D eigenvalue weighted by Gasteiger charge is -2.24. The van der Waals surface area contributed by atoms with Gasteiger partial charge in [0.2, 0.25) is 29.5 Å². The lowest BCUT2D eigenvalue weighted by molar-refractivity contribution is -0.143. The van der Waals surface area contributed by atoms with Crippen molar-refractivity contribution in [3.8, 4) is 0 Å². The summed E-state index contributed by atoms with van der Waals surface area (Å²) in [5.74, 6) is -7.39. The van der Waals surface area contributed by atoms with Gasteiger partial charge in [0.25, 0.3) is 0 Å². The molecule has 1 rings (SSSR count). The first-order valence-corrected chi connectivity index (χ1v) is 11.5. The van der Waals surface area contributed by atoms with Crippen LogP contribution in [0.1, 0.15) is 37.7 Å². The van der Waals surface area contributed by atoms with Gasteiger partial charge in [-0.05, 0) is 18.4 Å². The van der Waals surface area contributed by atoms with Crippen molar-refractivity contribution in [2.24, 2.45) is 17.2 Å². The number of rotatable bonds is 17. The minimum Gasteiger partial charge on any atom is -0.481 e. The lowest BCUT2D eigenvalue weighted by atomic mass is 10.0. The molecule has 4 unspecified atom stereocenters. The Balaban J connectivity index is 3.02. The summed E-state index contributed by atoms with van der Waals surface area (Å²) in [4.78, 5) is 83.3. The number of carbonyl (C=O) groups excluding carboxylic acids is 5. The van der Waals surface area contributed by atoms with Crippen LogP contribution in [-0.4, -0.2) is 75.9 Å². The van der Waals surface area contributed by atoms with E-state index in [4.69, 9.17) is 17.2 Å². The number of benzene rings is 1. The van der Waals surface area contributed by atoms with Crippen molar-refractivity contribution in [2.45, 2.75) is 62.7 Å². The van der Waals surface area contributed by atoms with Gasteiger partial charge in [-0.25, -0.2) is 4.79 Å². The van der Waals surface area contributed by atoms with Gasteiger partial charge >= 0.3 is 11.9 Å². The smallest absolute Gasteiger partial charge is 0.326 e. The Bertz CT molecular complexity index is 1030. The Morgan fingerprint density at radius 3 is 1.74 bits per heavy atom. The van der Waals surface area contributed by atoms with Gasteiger partial charge in [-0.2, -0.15) is 0 Å². The van der Waals surface area contributed by atoms with Crippen LogP contribution >= 0.6 is 0 Å². The summed E-state index contributed by atoms with van der Waals surface area (Å²) >= 11 is 0. The minimum absolute atomic E-state index is 0.115. The SMILES string of the molecule is NC(=O)CCC(N)C(=O)NC(CCC(N)=O)C(=O)NC(CC(=O)O)C(=O)NC(Cc1ccccc1)C(=O)O.